The molecule has 3 N–H and O–H groups in total. The summed E-state index contributed by atoms with van der Waals surface area (Å²) in [6.45, 7) is 0. The van der Waals surface area contributed by atoms with Gasteiger partial charge in [0.1, 0.15) is 11.6 Å². The van der Waals surface area contributed by atoms with Gasteiger partial charge in [0.25, 0.3) is 5.56 Å². The fraction of sp³-hybridized carbons (Fsp3) is 0.143. The van der Waals surface area contributed by atoms with E-state index in [-0.39, 0.29) is 0 Å². The molecule has 0 aliphatic heterocycles. The molecule has 0 atom stereocenters. The summed E-state index contributed by atoms with van der Waals surface area (Å²) in [6.07, 6.45) is 0. The quantitative estimate of drug-likeness (QED) is 0.583. The zero-order valence-corrected chi connectivity index (χ0v) is 9.09. The van der Waals surface area contributed by atoms with Crippen LogP contribution in [0.3, 0.4) is 0 Å². The Labute approximate surface area is 97.7 Å². The molecule has 0 aliphatic rings. The molecule has 0 saturated heterocycles. The molecule has 1 rings (SSSR count). The number of aromatic amines is 1. The molecule has 1 aromatic heterocycles. The first kappa shape index (κ1) is 13.8. The fourth-order valence-electron chi connectivity index (χ4n) is 0.881. The number of nitrogens with zero attached hydrogens (tertiary/aromatic N) is 1. The Morgan fingerprint density at radius 3 is 2.39 bits per heavy atom. The van der Waals surface area contributed by atoms with Gasteiger partial charge in [0.05, 0.1) is 5.69 Å². The third-order valence-corrected chi connectivity index (χ3v) is 2.60. The minimum absolute atomic E-state index is 0.506. The Hall–Kier alpha value is -2.22. The molecular weight excluding hydrogens is 279 g/mol. The van der Waals surface area contributed by atoms with E-state index in [0.29, 0.717) is 6.07 Å². The molecule has 0 aromatic carbocycles. The second kappa shape index (κ2) is 4.22. The zero-order valence-electron chi connectivity index (χ0n) is 8.28. The van der Waals surface area contributed by atoms with Crippen molar-refractivity contribution >= 4 is 15.8 Å². The number of rotatable bonds is 2. The summed E-state index contributed by atoms with van der Waals surface area (Å²) in [5, 5.41) is 8.46. The highest BCUT2D eigenvalue weighted by Crippen LogP contribution is 2.26. The van der Waals surface area contributed by atoms with Crippen molar-refractivity contribution in [1.29, 1.82) is 5.26 Å². The molecule has 0 unspecified atom stereocenters. The van der Waals surface area contributed by atoms with E-state index < -0.39 is 38.3 Å². The van der Waals surface area contributed by atoms with Crippen molar-refractivity contribution in [3.63, 3.8) is 0 Å². The van der Waals surface area contributed by atoms with Crippen LogP contribution in [0.25, 0.3) is 0 Å². The summed E-state index contributed by atoms with van der Waals surface area (Å²) >= 11 is 0. The van der Waals surface area contributed by atoms with Crippen LogP contribution >= 0.6 is 0 Å². The second-order valence-electron chi connectivity index (χ2n) is 2.89. The zero-order chi connectivity index (χ0) is 14.1. The number of H-pyrrole nitrogens is 1. The van der Waals surface area contributed by atoms with Crippen molar-refractivity contribution in [3.8, 4) is 11.9 Å². The van der Waals surface area contributed by atoms with Crippen LogP contribution in [0.5, 0.6) is 5.88 Å². The van der Waals surface area contributed by atoms with Gasteiger partial charge < -0.3 is 9.92 Å². The third-order valence-electron chi connectivity index (χ3n) is 1.63. The SMILES string of the molecule is N#Cc1c(N)cc(OS(=O)(=O)C(F)(F)F)[nH]c1=O. The highest BCUT2D eigenvalue weighted by atomic mass is 32.2. The van der Waals surface area contributed by atoms with E-state index in [2.05, 4.69) is 4.18 Å². The molecule has 18 heavy (non-hydrogen) atoms. The molecule has 1 heterocycles. The van der Waals surface area contributed by atoms with Crippen molar-refractivity contribution < 1.29 is 25.8 Å². The van der Waals surface area contributed by atoms with E-state index in [9.17, 15) is 26.4 Å². The minimum atomic E-state index is -5.91. The molecule has 0 spiro atoms. The second-order valence-corrected chi connectivity index (χ2v) is 4.43. The summed E-state index contributed by atoms with van der Waals surface area (Å²) in [5.74, 6) is -1.03. The predicted octanol–water partition coefficient (Wildman–Crippen LogP) is 0.0572. The highest BCUT2D eigenvalue weighted by molar-refractivity contribution is 7.87. The van der Waals surface area contributed by atoms with Crippen LogP contribution in [0.4, 0.5) is 18.9 Å². The molecule has 0 radical (unpaired) electrons. The van der Waals surface area contributed by atoms with E-state index in [0.717, 1.165) is 0 Å². The van der Waals surface area contributed by atoms with Crippen molar-refractivity contribution in [2.75, 3.05) is 5.73 Å². The Bertz CT molecular complexity index is 671. The standard InChI is InChI=1S/C7H4F3N3O4S/c8-7(9,10)18(15,16)17-5-1-4(12)3(2-11)6(14)13-5/h1H,(H3,12,13,14). The van der Waals surface area contributed by atoms with Gasteiger partial charge in [0.2, 0.25) is 5.88 Å². The molecule has 1 aromatic rings. The smallest absolute Gasteiger partial charge is 0.397 e. The summed E-state index contributed by atoms with van der Waals surface area (Å²) in [5.41, 5.74) is -2.72. The number of hydrogen-bond donors (Lipinski definition) is 2. The van der Waals surface area contributed by atoms with E-state index >= 15 is 0 Å². The number of alkyl halides is 3. The first-order chi connectivity index (χ1) is 8.08. The van der Waals surface area contributed by atoms with E-state index in [1.54, 1.807) is 4.98 Å². The van der Waals surface area contributed by atoms with Crippen molar-refractivity contribution in [1.82, 2.24) is 4.98 Å². The van der Waals surface area contributed by atoms with Gasteiger partial charge in [-0.1, -0.05) is 0 Å². The number of halogens is 3. The van der Waals surface area contributed by atoms with Crippen molar-refractivity contribution in [2.24, 2.45) is 0 Å². The molecule has 0 amide bonds. The molecule has 0 aliphatic carbocycles. The number of nitrogens with two attached hydrogens (primary N) is 1. The topological polar surface area (TPSA) is 126 Å². The normalized spacial score (nSPS) is 11.9. The fourth-order valence-corrected chi connectivity index (χ4v) is 1.30. The van der Waals surface area contributed by atoms with Gasteiger partial charge in [-0.2, -0.15) is 26.9 Å². The maximum absolute atomic E-state index is 12.0. The lowest BCUT2D eigenvalue weighted by Gasteiger charge is -2.09. The van der Waals surface area contributed by atoms with Crippen LogP contribution in [-0.4, -0.2) is 18.9 Å². The van der Waals surface area contributed by atoms with Crippen molar-refractivity contribution in [2.45, 2.75) is 5.51 Å². The van der Waals surface area contributed by atoms with Gasteiger partial charge >= 0.3 is 15.6 Å². The minimum Gasteiger partial charge on any atom is -0.397 e. The van der Waals surface area contributed by atoms with Crippen LogP contribution < -0.4 is 15.5 Å². The van der Waals surface area contributed by atoms with Crippen LogP contribution in [0.1, 0.15) is 5.56 Å². The van der Waals surface area contributed by atoms with E-state index in [1.807, 2.05) is 0 Å². The summed E-state index contributed by atoms with van der Waals surface area (Å²) < 4.78 is 60.8. The molecule has 7 nitrogen and oxygen atoms in total. The highest BCUT2D eigenvalue weighted by Gasteiger charge is 2.48. The van der Waals surface area contributed by atoms with Crippen LogP contribution in [0.15, 0.2) is 10.9 Å². The van der Waals surface area contributed by atoms with E-state index in [1.165, 1.54) is 6.07 Å². The summed E-state index contributed by atoms with van der Waals surface area (Å²) in [7, 11) is -5.91. The maximum atomic E-state index is 12.0. The largest absolute Gasteiger partial charge is 0.534 e. The van der Waals surface area contributed by atoms with Gasteiger partial charge in [-0.05, 0) is 0 Å². The van der Waals surface area contributed by atoms with Gasteiger partial charge in [-0.3, -0.25) is 9.78 Å². The Balaban J connectivity index is 3.25. The lowest BCUT2D eigenvalue weighted by molar-refractivity contribution is -0.0501. The molecule has 11 heteroatoms. The molecule has 0 fully saturated rings. The molecular formula is C7H4F3N3O4S. The number of nitriles is 1. The van der Waals surface area contributed by atoms with Gasteiger partial charge in [0, 0.05) is 6.07 Å². The monoisotopic (exact) mass is 283 g/mol. The summed E-state index contributed by atoms with van der Waals surface area (Å²) in [4.78, 5) is 12.7. The number of hydrogen-bond acceptors (Lipinski definition) is 6. The third kappa shape index (κ3) is 2.54. The number of pyridine rings is 1. The van der Waals surface area contributed by atoms with Crippen molar-refractivity contribution in [3.05, 3.63) is 22.0 Å². The van der Waals surface area contributed by atoms with Gasteiger partial charge in [-0.25, -0.2) is 0 Å². The Morgan fingerprint density at radius 1 is 1.44 bits per heavy atom. The number of aromatic nitrogens is 1. The van der Waals surface area contributed by atoms with Gasteiger partial charge in [0.15, 0.2) is 0 Å². The number of anilines is 1. The van der Waals surface area contributed by atoms with Crippen LogP contribution in [-0.2, 0) is 10.1 Å². The molecule has 0 saturated carbocycles. The lowest BCUT2D eigenvalue weighted by atomic mass is 10.2. The first-order valence-electron chi connectivity index (χ1n) is 4.02. The Kier molecular flexibility index (Phi) is 3.25. The summed E-state index contributed by atoms with van der Waals surface area (Å²) in [6, 6.07) is 1.97. The van der Waals surface area contributed by atoms with Gasteiger partial charge in [-0.15, -0.1) is 0 Å². The van der Waals surface area contributed by atoms with Crippen LogP contribution in [0.2, 0.25) is 0 Å². The van der Waals surface area contributed by atoms with E-state index in [4.69, 9.17) is 11.0 Å². The van der Waals surface area contributed by atoms with Crippen LogP contribution in [0, 0.1) is 11.3 Å². The average Bonchev–Trinajstić information content (AvgIpc) is 2.14. The first-order valence-corrected chi connectivity index (χ1v) is 5.43. The average molecular weight is 283 g/mol. The Morgan fingerprint density at radius 2 is 2.00 bits per heavy atom. The molecule has 0 bridgehead atoms. The predicted molar refractivity (Wildman–Crippen MR) is 51.8 cm³/mol. The maximum Gasteiger partial charge on any atom is 0.534 e. The molecule has 98 valence electrons. The number of nitrogen functional groups attached to an aromatic ring is 1. The number of nitrogens with one attached hydrogen (secondary N) is 1. The lowest BCUT2D eigenvalue weighted by Crippen LogP contribution is -2.29.